The van der Waals surface area contributed by atoms with E-state index in [4.69, 9.17) is 0 Å². The van der Waals surface area contributed by atoms with E-state index in [-0.39, 0.29) is 11.3 Å². The highest BCUT2D eigenvalue weighted by atomic mass is 32.2. The second-order valence-corrected chi connectivity index (χ2v) is 4.18. The van der Waals surface area contributed by atoms with Crippen LogP contribution in [0.25, 0.3) is 11.1 Å². The molecule has 82 valence electrons. The molecule has 0 spiro atoms. The van der Waals surface area contributed by atoms with Crippen LogP contribution in [0.2, 0.25) is 0 Å². The number of phenols is 1. The summed E-state index contributed by atoms with van der Waals surface area (Å²) in [7, 11) is 0. The van der Waals surface area contributed by atoms with Crippen LogP contribution in [0.3, 0.4) is 0 Å². The van der Waals surface area contributed by atoms with Crippen LogP contribution >= 0.6 is 11.8 Å². The van der Waals surface area contributed by atoms with Gasteiger partial charge in [-0.25, -0.2) is 0 Å². The van der Waals surface area contributed by atoms with Crippen LogP contribution in [0.5, 0.6) is 5.75 Å². The van der Waals surface area contributed by atoms with E-state index < -0.39 is 0 Å². The third kappa shape index (κ3) is 2.12. The number of rotatable bonds is 2. The molecule has 0 unspecified atom stereocenters. The van der Waals surface area contributed by atoms with Crippen molar-refractivity contribution < 1.29 is 5.11 Å². The van der Waals surface area contributed by atoms with Gasteiger partial charge >= 0.3 is 0 Å². The topological polar surface area (TPSA) is 53.1 Å². The van der Waals surface area contributed by atoms with E-state index in [9.17, 15) is 9.90 Å². The smallest absolute Gasteiger partial charge is 0.248 e. The highest BCUT2D eigenvalue weighted by Gasteiger charge is 2.03. The van der Waals surface area contributed by atoms with Crippen molar-refractivity contribution in [2.75, 3.05) is 6.26 Å². The number of aromatic amines is 1. The molecule has 16 heavy (non-hydrogen) atoms. The Labute approximate surface area is 97.2 Å². The Morgan fingerprint density at radius 2 is 1.94 bits per heavy atom. The summed E-state index contributed by atoms with van der Waals surface area (Å²) < 4.78 is 0. The molecule has 0 aliphatic heterocycles. The highest BCUT2D eigenvalue weighted by molar-refractivity contribution is 7.98. The van der Waals surface area contributed by atoms with Gasteiger partial charge in [-0.1, -0.05) is 6.07 Å². The number of hydrogen-bond acceptors (Lipinski definition) is 3. The Bertz CT molecular complexity index is 563. The van der Waals surface area contributed by atoms with Gasteiger partial charge in [-0.2, -0.15) is 0 Å². The van der Waals surface area contributed by atoms with Gasteiger partial charge in [-0.3, -0.25) is 4.79 Å². The Morgan fingerprint density at radius 3 is 2.56 bits per heavy atom. The van der Waals surface area contributed by atoms with Gasteiger partial charge < -0.3 is 10.1 Å². The van der Waals surface area contributed by atoms with E-state index >= 15 is 0 Å². The third-order valence-corrected chi connectivity index (χ3v) is 3.07. The maximum atomic E-state index is 11.1. The van der Waals surface area contributed by atoms with E-state index in [1.54, 1.807) is 18.3 Å². The lowest BCUT2D eigenvalue weighted by Gasteiger charge is -2.04. The second kappa shape index (κ2) is 4.45. The maximum Gasteiger partial charge on any atom is 0.248 e. The van der Waals surface area contributed by atoms with Gasteiger partial charge in [0, 0.05) is 17.2 Å². The quantitative estimate of drug-likeness (QED) is 0.783. The van der Waals surface area contributed by atoms with Crippen LogP contribution in [-0.2, 0) is 0 Å². The summed E-state index contributed by atoms with van der Waals surface area (Å²) in [6.45, 7) is 0. The van der Waals surface area contributed by atoms with Crippen molar-refractivity contribution in [2.45, 2.75) is 4.90 Å². The largest absolute Gasteiger partial charge is 0.507 e. The molecule has 2 rings (SSSR count). The summed E-state index contributed by atoms with van der Waals surface area (Å²) in [6, 6.07) is 8.71. The third-order valence-electron chi connectivity index (χ3n) is 2.29. The van der Waals surface area contributed by atoms with Crippen LogP contribution in [-0.4, -0.2) is 16.3 Å². The molecule has 1 aromatic heterocycles. The van der Waals surface area contributed by atoms with Crippen molar-refractivity contribution in [3.05, 3.63) is 46.9 Å². The van der Waals surface area contributed by atoms with E-state index in [0.29, 0.717) is 0 Å². The summed E-state index contributed by atoms with van der Waals surface area (Å²) in [4.78, 5) is 14.5. The van der Waals surface area contributed by atoms with Gasteiger partial charge in [0.05, 0.1) is 0 Å². The van der Waals surface area contributed by atoms with Crippen LogP contribution < -0.4 is 5.56 Å². The van der Waals surface area contributed by atoms with Crippen LogP contribution in [0, 0.1) is 0 Å². The molecule has 0 aliphatic rings. The average molecular weight is 233 g/mol. The first-order chi connectivity index (χ1) is 7.70. The summed E-state index contributed by atoms with van der Waals surface area (Å²) >= 11 is 1.48. The first-order valence-corrected chi connectivity index (χ1v) is 5.99. The van der Waals surface area contributed by atoms with E-state index in [1.165, 1.54) is 17.8 Å². The molecule has 0 amide bonds. The van der Waals surface area contributed by atoms with Gasteiger partial charge in [0.15, 0.2) is 0 Å². The standard InChI is InChI=1S/C12H11NO2S/c1-16-11-3-2-8(6-10(11)14)9-4-5-13-12(15)7-9/h2-7,14H,1H3,(H,13,15). The van der Waals surface area contributed by atoms with Gasteiger partial charge in [0.1, 0.15) is 5.75 Å². The molecule has 0 aliphatic carbocycles. The number of H-pyrrole nitrogens is 1. The Balaban J connectivity index is 2.49. The van der Waals surface area contributed by atoms with Gasteiger partial charge in [-0.15, -0.1) is 11.8 Å². The fraction of sp³-hybridized carbons (Fsp3) is 0.0833. The monoisotopic (exact) mass is 233 g/mol. The summed E-state index contributed by atoms with van der Waals surface area (Å²) in [5.74, 6) is 0.241. The van der Waals surface area contributed by atoms with Crippen molar-refractivity contribution in [1.29, 1.82) is 0 Å². The van der Waals surface area contributed by atoms with Crippen molar-refractivity contribution in [3.8, 4) is 16.9 Å². The predicted octanol–water partition coefficient (Wildman–Crippen LogP) is 2.47. The van der Waals surface area contributed by atoms with E-state index in [2.05, 4.69) is 4.98 Å². The number of nitrogens with one attached hydrogen (secondary N) is 1. The van der Waals surface area contributed by atoms with Crippen LogP contribution in [0.15, 0.2) is 46.2 Å². The first-order valence-electron chi connectivity index (χ1n) is 4.77. The van der Waals surface area contributed by atoms with Gasteiger partial charge in [0.2, 0.25) is 5.56 Å². The summed E-state index contributed by atoms with van der Waals surface area (Å²) in [6.07, 6.45) is 3.50. The molecule has 0 saturated carbocycles. The number of aromatic hydroxyl groups is 1. The zero-order valence-electron chi connectivity index (χ0n) is 8.73. The SMILES string of the molecule is CSc1ccc(-c2cc[nH]c(=O)c2)cc1O. The lowest BCUT2D eigenvalue weighted by atomic mass is 10.1. The van der Waals surface area contributed by atoms with Crippen molar-refractivity contribution in [3.63, 3.8) is 0 Å². The molecule has 0 bridgehead atoms. The molecule has 0 fully saturated rings. The zero-order valence-corrected chi connectivity index (χ0v) is 9.54. The number of aromatic nitrogens is 1. The molecule has 3 nitrogen and oxygen atoms in total. The van der Waals surface area contributed by atoms with Crippen LogP contribution in [0.1, 0.15) is 0 Å². The Morgan fingerprint density at radius 1 is 1.19 bits per heavy atom. The fourth-order valence-electron chi connectivity index (χ4n) is 1.49. The molecule has 0 radical (unpaired) electrons. The molecule has 2 aromatic rings. The zero-order chi connectivity index (χ0) is 11.5. The maximum absolute atomic E-state index is 11.1. The summed E-state index contributed by atoms with van der Waals surface area (Å²) in [5, 5.41) is 9.72. The predicted molar refractivity (Wildman–Crippen MR) is 65.9 cm³/mol. The highest BCUT2D eigenvalue weighted by Crippen LogP contribution is 2.30. The first kappa shape index (κ1) is 10.8. The number of pyridine rings is 1. The molecule has 4 heteroatoms. The fourth-order valence-corrected chi connectivity index (χ4v) is 1.97. The summed E-state index contributed by atoms with van der Waals surface area (Å²) in [5.41, 5.74) is 1.49. The Hall–Kier alpha value is -1.68. The molecule has 0 atom stereocenters. The number of hydrogen-bond donors (Lipinski definition) is 2. The molecule has 2 N–H and O–H groups in total. The number of thioether (sulfide) groups is 1. The second-order valence-electron chi connectivity index (χ2n) is 3.33. The van der Waals surface area contributed by atoms with Crippen molar-refractivity contribution >= 4 is 11.8 Å². The normalized spacial score (nSPS) is 10.3. The number of benzene rings is 1. The van der Waals surface area contributed by atoms with Crippen LogP contribution in [0.4, 0.5) is 0 Å². The lowest BCUT2D eigenvalue weighted by Crippen LogP contribution is -2.01. The van der Waals surface area contributed by atoms with Gasteiger partial charge in [0.25, 0.3) is 0 Å². The van der Waals surface area contributed by atoms with E-state index in [0.717, 1.165) is 16.0 Å². The van der Waals surface area contributed by atoms with Crippen molar-refractivity contribution in [1.82, 2.24) is 4.98 Å². The van der Waals surface area contributed by atoms with Crippen molar-refractivity contribution in [2.24, 2.45) is 0 Å². The lowest BCUT2D eigenvalue weighted by molar-refractivity contribution is 0.463. The Kier molecular flexibility index (Phi) is 3.01. The molecular formula is C12H11NO2S. The van der Waals surface area contributed by atoms with E-state index in [1.807, 2.05) is 18.4 Å². The average Bonchev–Trinajstić information content (AvgIpc) is 2.29. The minimum Gasteiger partial charge on any atom is -0.507 e. The molecule has 1 heterocycles. The molecular weight excluding hydrogens is 222 g/mol. The van der Waals surface area contributed by atoms with Gasteiger partial charge in [-0.05, 0) is 35.6 Å². The molecule has 1 aromatic carbocycles. The minimum absolute atomic E-state index is 0.147. The number of phenolic OH excluding ortho intramolecular Hbond substituents is 1. The molecule has 0 saturated heterocycles. The minimum atomic E-state index is -0.147.